The molecule has 0 spiro atoms. The first-order valence-corrected chi connectivity index (χ1v) is 10.7. The number of sulfonamides is 1. The van der Waals surface area contributed by atoms with Crippen molar-refractivity contribution in [2.45, 2.75) is 45.1 Å². The van der Waals surface area contributed by atoms with Gasteiger partial charge < -0.3 is 4.90 Å². The lowest BCUT2D eigenvalue weighted by atomic mass is 10.1. The number of carbonyl (C=O) groups is 1. The molecular weight excluding hydrogens is 360 g/mol. The Hall–Kier alpha value is -2.18. The fourth-order valence-corrected chi connectivity index (χ4v) is 5.37. The number of hydrogen-bond acceptors (Lipinski definition) is 3. The molecule has 5 nitrogen and oxygen atoms in total. The fraction of sp³-hybridized carbons (Fsp3) is 0.381. The summed E-state index contributed by atoms with van der Waals surface area (Å²) >= 11 is 0. The van der Waals surface area contributed by atoms with Gasteiger partial charge in [0.2, 0.25) is 15.9 Å². The number of nitrogens with zero attached hydrogens (tertiary/aromatic N) is 2. The van der Waals surface area contributed by atoms with Gasteiger partial charge in [-0.3, -0.25) is 4.79 Å². The Kier molecular flexibility index (Phi) is 5.40. The predicted molar refractivity (Wildman–Crippen MR) is 107 cm³/mol. The normalized spacial score (nSPS) is 16.6. The molecule has 0 fully saturated rings. The molecule has 0 saturated carbocycles. The van der Waals surface area contributed by atoms with Crippen molar-refractivity contribution in [3.63, 3.8) is 0 Å². The van der Waals surface area contributed by atoms with Crippen LogP contribution in [0, 0.1) is 13.8 Å². The summed E-state index contributed by atoms with van der Waals surface area (Å²) < 4.78 is 27.6. The third-order valence-electron chi connectivity index (χ3n) is 5.10. The Bertz CT molecular complexity index is 969. The Morgan fingerprint density at radius 1 is 1.19 bits per heavy atom. The standard InChI is InChI=1S/C21H26N2O3S/c1-5-22(27(25,26)20-12-15(2)10-11-16(20)3)14-21(24)23-17(4)13-18-8-6-7-9-19(18)23/h6-12,17H,5,13-14H2,1-4H3/t17-/m0/s1. The van der Waals surface area contributed by atoms with Gasteiger partial charge in [-0.1, -0.05) is 37.3 Å². The number of likely N-dealkylation sites (N-methyl/N-ethyl adjacent to an activating group) is 1. The van der Waals surface area contributed by atoms with Crippen LogP contribution in [0.2, 0.25) is 0 Å². The third-order valence-corrected chi connectivity index (χ3v) is 7.16. The van der Waals surface area contributed by atoms with Crippen LogP contribution >= 0.6 is 0 Å². The van der Waals surface area contributed by atoms with Crippen molar-refractivity contribution in [1.82, 2.24) is 4.31 Å². The van der Waals surface area contributed by atoms with Gasteiger partial charge in [-0.05, 0) is 56.0 Å². The first-order valence-electron chi connectivity index (χ1n) is 9.23. The number of hydrogen-bond donors (Lipinski definition) is 0. The molecule has 6 heteroatoms. The van der Waals surface area contributed by atoms with E-state index in [1.807, 2.05) is 44.2 Å². The van der Waals surface area contributed by atoms with Gasteiger partial charge in [0.25, 0.3) is 0 Å². The molecule has 0 saturated heterocycles. The highest BCUT2D eigenvalue weighted by Gasteiger charge is 2.34. The molecule has 1 aliphatic heterocycles. The molecule has 0 aromatic heterocycles. The summed E-state index contributed by atoms with van der Waals surface area (Å²) in [5.74, 6) is -0.191. The molecule has 144 valence electrons. The zero-order chi connectivity index (χ0) is 19.8. The van der Waals surface area contributed by atoms with E-state index in [9.17, 15) is 13.2 Å². The van der Waals surface area contributed by atoms with Crippen LogP contribution in [0.25, 0.3) is 0 Å². The molecule has 1 amide bonds. The Balaban J connectivity index is 1.89. The van der Waals surface area contributed by atoms with E-state index in [1.165, 1.54) is 4.31 Å². The topological polar surface area (TPSA) is 57.7 Å². The maximum Gasteiger partial charge on any atom is 0.243 e. The molecule has 1 aliphatic rings. The monoisotopic (exact) mass is 386 g/mol. The van der Waals surface area contributed by atoms with Crippen LogP contribution in [0.15, 0.2) is 47.4 Å². The highest BCUT2D eigenvalue weighted by molar-refractivity contribution is 7.89. The molecule has 0 unspecified atom stereocenters. The van der Waals surface area contributed by atoms with E-state index in [0.29, 0.717) is 5.56 Å². The van der Waals surface area contributed by atoms with E-state index < -0.39 is 10.0 Å². The van der Waals surface area contributed by atoms with Crippen LogP contribution in [0.1, 0.15) is 30.5 Å². The fourth-order valence-electron chi connectivity index (χ4n) is 3.66. The number of aryl methyl sites for hydroxylation is 2. The molecule has 0 bridgehead atoms. The second kappa shape index (κ2) is 7.44. The maximum absolute atomic E-state index is 13.2. The molecule has 3 rings (SSSR count). The van der Waals surface area contributed by atoms with Crippen molar-refractivity contribution < 1.29 is 13.2 Å². The van der Waals surface area contributed by atoms with Gasteiger partial charge in [0.05, 0.1) is 11.4 Å². The van der Waals surface area contributed by atoms with Crippen molar-refractivity contribution in [2.75, 3.05) is 18.0 Å². The first-order chi connectivity index (χ1) is 12.8. The van der Waals surface area contributed by atoms with Crippen molar-refractivity contribution in [2.24, 2.45) is 0 Å². The van der Waals surface area contributed by atoms with Crippen LogP contribution in [0.3, 0.4) is 0 Å². The molecule has 0 N–H and O–H groups in total. The van der Waals surface area contributed by atoms with Crippen molar-refractivity contribution in [3.05, 3.63) is 59.2 Å². The highest BCUT2D eigenvalue weighted by Crippen LogP contribution is 2.32. The number of carbonyl (C=O) groups excluding carboxylic acids is 1. The summed E-state index contributed by atoms with van der Waals surface area (Å²) in [5.41, 5.74) is 3.57. The molecule has 0 radical (unpaired) electrons. The summed E-state index contributed by atoms with van der Waals surface area (Å²) in [6.45, 7) is 7.48. The molecule has 2 aromatic rings. The lowest BCUT2D eigenvalue weighted by Crippen LogP contribution is -2.45. The number of amides is 1. The Morgan fingerprint density at radius 2 is 1.89 bits per heavy atom. The second-order valence-electron chi connectivity index (χ2n) is 7.15. The molecule has 2 aromatic carbocycles. The van der Waals surface area contributed by atoms with Gasteiger partial charge >= 0.3 is 0 Å². The van der Waals surface area contributed by atoms with E-state index in [1.54, 1.807) is 30.9 Å². The SMILES string of the molecule is CCN(CC(=O)N1c2ccccc2C[C@@H]1C)S(=O)(=O)c1cc(C)ccc1C. The van der Waals surface area contributed by atoms with Gasteiger partial charge in [0.15, 0.2) is 0 Å². The van der Waals surface area contributed by atoms with Crippen LogP contribution in [0.4, 0.5) is 5.69 Å². The minimum absolute atomic E-state index is 0.0250. The summed E-state index contributed by atoms with van der Waals surface area (Å²) in [6, 6.07) is 13.2. The van der Waals surface area contributed by atoms with Crippen LogP contribution < -0.4 is 4.90 Å². The number of fused-ring (bicyclic) bond motifs is 1. The lowest BCUT2D eigenvalue weighted by molar-refractivity contribution is -0.119. The summed E-state index contributed by atoms with van der Waals surface area (Å²) in [5, 5.41) is 0. The number of rotatable bonds is 5. The van der Waals surface area contributed by atoms with Gasteiger partial charge in [0.1, 0.15) is 0 Å². The number of benzene rings is 2. The van der Waals surface area contributed by atoms with Gasteiger partial charge in [-0.15, -0.1) is 0 Å². The lowest BCUT2D eigenvalue weighted by Gasteiger charge is -2.27. The maximum atomic E-state index is 13.2. The molecule has 1 heterocycles. The van der Waals surface area contributed by atoms with Crippen molar-refractivity contribution >= 4 is 21.6 Å². The average molecular weight is 387 g/mol. The van der Waals surface area contributed by atoms with Crippen molar-refractivity contribution in [3.8, 4) is 0 Å². The minimum Gasteiger partial charge on any atom is -0.308 e. The second-order valence-corrected chi connectivity index (χ2v) is 9.05. The largest absolute Gasteiger partial charge is 0.308 e. The summed E-state index contributed by atoms with van der Waals surface area (Å²) in [7, 11) is -3.74. The summed E-state index contributed by atoms with van der Waals surface area (Å²) in [4.78, 5) is 15.0. The summed E-state index contributed by atoms with van der Waals surface area (Å²) in [6.07, 6.45) is 0.789. The average Bonchev–Trinajstić information content (AvgIpc) is 2.97. The van der Waals surface area contributed by atoms with Crippen molar-refractivity contribution in [1.29, 1.82) is 0 Å². The smallest absolute Gasteiger partial charge is 0.243 e. The van der Waals surface area contributed by atoms with E-state index in [4.69, 9.17) is 0 Å². The van der Waals surface area contributed by atoms with E-state index in [-0.39, 0.29) is 29.9 Å². The van der Waals surface area contributed by atoms with Crippen LogP contribution in [-0.4, -0.2) is 37.8 Å². The molecular formula is C21H26N2O3S. The van der Waals surface area contributed by atoms with Gasteiger partial charge in [0, 0.05) is 18.3 Å². The number of para-hydroxylation sites is 1. The predicted octanol–water partition coefficient (Wildman–Crippen LogP) is 3.29. The molecule has 0 aliphatic carbocycles. The third kappa shape index (κ3) is 3.64. The number of anilines is 1. The zero-order valence-corrected chi connectivity index (χ0v) is 17.1. The first kappa shape index (κ1) is 19.6. The Labute approximate surface area is 161 Å². The van der Waals surface area contributed by atoms with Gasteiger partial charge in [-0.2, -0.15) is 4.31 Å². The molecule has 1 atom stereocenters. The zero-order valence-electron chi connectivity index (χ0n) is 16.3. The highest BCUT2D eigenvalue weighted by atomic mass is 32.2. The van der Waals surface area contributed by atoms with Crippen LogP contribution in [-0.2, 0) is 21.2 Å². The van der Waals surface area contributed by atoms with E-state index in [2.05, 4.69) is 0 Å². The van der Waals surface area contributed by atoms with E-state index >= 15 is 0 Å². The molecule has 27 heavy (non-hydrogen) atoms. The van der Waals surface area contributed by atoms with Gasteiger partial charge in [-0.25, -0.2) is 8.42 Å². The minimum atomic E-state index is -3.74. The van der Waals surface area contributed by atoms with E-state index in [0.717, 1.165) is 23.2 Å². The van der Waals surface area contributed by atoms with Crippen LogP contribution in [0.5, 0.6) is 0 Å². The quantitative estimate of drug-likeness (QED) is 0.792. The Morgan fingerprint density at radius 3 is 2.59 bits per heavy atom.